The Morgan fingerprint density at radius 2 is 1.85 bits per heavy atom. The van der Waals surface area contributed by atoms with Gasteiger partial charge in [-0.2, -0.15) is 0 Å². The van der Waals surface area contributed by atoms with Gasteiger partial charge in [0, 0.05) is 17.7 Å². The lowest BCUT2D eigenvalue weighted by molar-refractivity contribution is 0.0679. The predicted octanol–water partition coefficient (Wildman–Crippen LogP) is 4.90. The summed E-state index contributed by atoms with van der Waals surface area (Å²) in [6, 6.07) is 15.5. The fourth-order valence-corrected chi connectivity index (χ4v) is 4.14. The topological polar surface area (TPSA) is 40.5 Å². The van der Waals surface area contributed by atoms with Crippen LogP contribution in [0.15, 0.2) is 54.6 Å². The molecule has 0 aliphatic carbocycles. The van der Waals surface area contributed by atoms with Crippen LogP contribution in [0.3, 0.4) is 0 Å². The number of halogens is 2. The molecule has 1 heterocycles. The molecule has 0 bridgehead atoms. The Kier molecular flexibility index (Phi) is 4.85. The van der Waals surface area contributed by atoms with Crippen molar-refractivity contribution in [2.24, 2.45) is 0 Å². The van der Waals surface area contributed by atoms with Crippen LogP contribution in [0.4, 0.5) is 4.39 Å². The highest BCUT2D eigenvalue weighted by Crippen LogP contribution is 2.36. The maximum atomic E-state index is 13.4. The zero-order valence-corrected chi connectivity index (χ0v) is 15.4. The van der Waals surface area contributed by atoms with E-state index in [0.29, 0.717) is 17.1 Å². The number of likely N-dealkylation sites (tertiary alicyclic amines) is 1. The van der Waals surface area contributed by atoms with Gasteiger partial charge in [0.25, 0.3) is 5.91 Å². The summed E-state index contributed by atoms with van der Waals surface area (Å²) in [5, 5.41) is 11.6. The molecule has 4 rings (SSSR count). The molecule has 27 heavy (non-hydrogen) atoms. The molecule has 1 N–H and O–H groups in total. The van der Waals surface area contributed by atoms with E-state index in [0.717, 1.165) is 34.7 Å². The van der Waals surface area contributed by atoms with Crippen LogP contribution >= 0.6 is 11.6 Å². The second kappa shape index (κ2) is 7.29. The number of carbonyl (C=O) groups is 1. The Balaban J connectivity index is 1.85. The normalized spacial score (nSPS) is 16.9. The van der Waals surface area contributed by atoms with Crippen LogP contribution in [-0.4, -0.2) is 35.1 Å². The second-order valence-electron chi connectivity index (χ2n) is 6.81. The molecule has 3 aromatic carbocycles. The summed E-state index contributed by atoms with van der Waals surface area (Å²) in [4.78, 5) is 14.9. The smallest absolute Gasteiger partial charge is 0.254 e. The van der Waals surface area contributed by atoms with Crippen molar-refractivity contribution in [1.29, 1.82) is 0 Å². The van der Waals surface area contributed by atoms with Gasteiger partial charge in [-0.25, -0.2) is 4.39 Å². The van der Waals surface area contributed by atoms with Crippen molar-refractivity contribution in [3.05, 3.63) is 71.0 Å². The summed E-state index contributed by atoms with van der Waals surface area (Å²) in [7, 11) is 0. The van der Waals surface area contributed by atoms with Crippen molar-refractivity contribution >= 4 is 28.3 Å². The van der Waals surface area contributed by atoms with Gasteiger partial charge < -0.3 is 10.0 Å². The monoisotopic (exact) mass is 383 g/mol. The summed E-state index contributed by atoms with van der Waals surface area (Å²) in [6.45, 7) is 0.636. The summed E-state index contributed by atoms with van der Waals surface area (Å²) in [5.74, 6) is -0.455. The first-order valence-electron chi connectivity index (χ1n) is 8.99. The molecule has 0 saturated carbocycles. The first kappa shape index (κ1) is 18.0. The Morgan fingerprint density at radius 3 is 2.59 bits per heavy atom. The van der Waals surface area contributed by atoms with Crippen molar-refractivity contribution in [3.63, 3.8) is 0 Å². The third-order valence-electron chi connectivity index (χ3n) is 5.22. The first-order chi connectivity index (χ1) is 13.1. The third kappa shape index (κ3) is 3.20. The van der Waals surface area contributed by atoms with E-state index in [9.17, 15) is 14.3 Å². The molecule has 1 aliphatic rings. The molecule has 1 aliphatic heterocycles. The van der Waals surface area contributed by atoms with E-state index in [1.807, 2.05) is 30.3 Å². The Bertz CT molecular complexity index is 1020. The summed E-state index contributed by atoms with van der Waals surface area (Å²) in [5.41, 5.74) is 2.18. The maximum absolute atomic E-state index is 13.4. The fraction of sp³-hybridized carbons (Fsp3) is 0.227. The van der Waals surface area contributed by atoms with Crippen molar-refractivity contribution in [3.8, 4) is 11.1 Å². The fourth-order valence-electron chi connectivity index (χ4n) is 3.88. The van der Waals surface area contributed by atoms with E-state index in [1.54, 1.807) is 17.0 Å². The highest BCUT2D eigenvalue weighted by Gasteiger charge is 2.29. The Morgan fingerprint density at radius 1 is 1.11 bits per heavy atom. The van der Waals surface area contributed by atoms with E-state index in [-0.39, 0.29) is 24.4 Å². The number of aliphatic hydroxyl groups excluding tert-OH is 1. The van der Waals surface area contributed by atoms with Crippen LogP contribution in [0, 0.1) is 5.82 Å². The number of benzene rings is 3. The summed E-state index contributed by atoms with van der Waals surface area (Å²) in [6.07, 6.45) is 1.72. The van der Waals surface area contributed by atoms with Gasteiger partial charge in [-0.15, -0.1) is 0 Å². The Labute approximate surface area is 162 Å². The number of rotatable bonds is 3. The molecule has 1 atom stereocenters. The van der Waals surface area contributed by atoms with Gasteiger partial charge >= 0.3 is 0 Å². The number of aliphatic hydroxyl groups is 1. The number of hydrogen-bond acceptors (Lipinski definition) is 2. The van der Waals surface area contributed by atoms with E-state index >= 15 is 0 Å². The number of amides is 1. The van der Waals surface area contributed by atoms with Crippen molar-refractivity contribution in [2.45, 2.75) is 18.9 Å². The SMILES string of the molecule is O=C(c1ccc(-c2ccc(F)cc2Cl)c2ccccc12)N1CCC[C@H]1CO. The van der Waals surface area contributed by atoms with Crippen LogP contribution < -0.4 is 0 Å². The zero-order chi connectivity index (χ0) is 19.0. The number of fused-ring (bicyclic) bond motifs is 1. The standard InChI is InChI=1S/C22H19ClFNO2/c23-21-12-14(24)7-8-19(21)18-9-10-20(17-6-2-1-5-16(17)18)22(27)25-11-3-4-15(25)13-26/h1-2,5-10,12,15,26H,3-4,11,13H2/t15-/m0/s1. The number of nitrogens with zero attached hydrogens (tertiary/aromatic N) is 1. The molecule has 5 heteroatoms. The van der Waals surface area contributed by atoms with Crippen LogP contribution in [0.1, 0.15) is 23.2 Å². The molecule has 3 nitrogen and oxygen atoms in total. The van der Waals surface area contributed by atoms with Gasteiger partial charge in [0.1, 0.15) is 5.82 Å². The highest BCUT2D eigenvalue weighted by atomic mass is 35.5. The van der Waals surface area contributed by atoms with Crippen LogP contribution in [0.5, 0.6) is 0 Å². The van der Waals surface area contributed by atoms with Gasteiger partial charge in [0.15, 0.2) is 0 Å². The molecule has 138 valence electrons. The number of hydrogen-bond donors (Lipinski definition) is 1. The number of carbonyl (C=O) groups excluding carboxylic acids is 1. The zero-order valence-electron chi connectivity index (χ0n) is 14.7. The van der Waals surface area contributed by atoms with Gasteiger partial charge in [0.2, 0.25) is 0 Å². The molecule has 0 radical (unpaired) electrons. The summed E-state index contributed by atoms with van der Waals surface area (Å²) >= 11 is 6.27. The largest absolute Gasteiger partial charge is 0.394 e. The lowest BCUT2D eigenvalue weighted by atomic mass is 9.94. The van der Waals surface area contributed by atoms with E-state index in [2.05, 4.69) is 0 Å². The lowest BCUT2D eigenvalue weighted by Crippen LogP contribution is -2.37. The van der Waals surface area contributed by atoms with E-state index < -0.39 is 0 Å². The molecule has 1 saturated heterocycles. The predicted molar refractivity (Wildman–Crippen MR) is 105 cm³/mol. The maximum Gasteiger partial charge on any atom is 0.254 e. The lowest BCUT2D eigenvalue weighted by Gasteiger charge is -2.24. The third-order valence-corrected chi connectivity index (χ3v) is 5.54. The van der Waals surface area contributed by atoms with Gasteiger partial charge in [0.05, 0.1) is 17.7 Å². The molecule has 3 aromatic rings. The van der Waals surface area contributed by atoms with Gasteiger partial charge in [-0.05, 0) is 53.4 Å². The van der Waals surface area contributed by atoms with E-state index in [1.165, 1.54) is 12.1 Å². The minimum Gasteiger partial charge on any atom is -0.394 e. The van der Waals surface area contributed by atoms with Gasteiger partial charge in [-0.3, -0.25) is 4.79 Å². The summed E-state index contributed by atoms with van der Waals surface area (Å²) < 4.78 is 13.4. The van der Waals surface area contributed by atoms with Crippen molar-refractivity contribution < 1.29 is 14.3 Å². The molecule has 0 unspecified atom stereocenters. The average Bonchev–Trinajstić information content (AvgIpc) is 3.16. The van der Waals surface area contributed by atoms with Crippen LogP contribution in [0.25, 0.3) is 21.9 Å². The molecule has 0 aromatic heterocycles. The molecular formula is C22H19ClFNO2. The minimum absolute atomic E-state index is 0.0209. The minimum atomic E-state index is -0.385. The van der Waals surface area contributed by atoms with E-state index in [4.69, 9.17) is 11.6 Å². The molecule has 1 amide bonds. The van der Waals surface area contributed by atoms with Crippen LogP contribution in [-0.2, 0) is 0 Å². The Hall–Kier alpha value is -2.43. The molecular weight excluding hydrogens is 365 g/mol. The molecule has 1 fully saturated rings. The first-order valence-corrected chi connectivity index (χ1v) is 9.37. The highest BCUT2D eigenvalue weighted by molar-refractivity contribution is 6.33. The second-order valence-corrected chi connectivity index (χ2v) is 7.21. The quantitative estimate of drug-likeness (QED) is 0.699. The average molecular weight is 384 g/mol. The molecule has 0 spiro atoms. The van der Waals surface area contributed by atoms with Crippen LogP contribution in [0.2, 0.25) is 5.02 Å². The van der Waals surface area contributed by atoms with Gasteiger partial charge in [-0.1, -0.05) is 41.9 Å². The van der Waals surface area contributed by atoms with Crippen molar-refractivity contribution in [1.82, 2.24) is 4.90 Å². The van der Waals surface area contributed by atoms with Crippen molar-refractivity contribution in [2.75, 3.05) is 13.2 Å².